The second kappa shape index (κ2) is 13.0. The second-order valence-corrected chi connectivity index (χ2v) is 13.7. The molecule has 0 amide bonds. The molecule has 9 heteroatoms. The molecule has 0 aliphatic carbocycles. The van der Waals surface area contributed by atoms with Crippen molar-refractivity contribution < 1.29 is 4.74 Å². The predicted octanol–water partition coefficient (Wildman–Crippen LogP) is 8.70. The molecule has 0 spiro atoms. The third kappa shape index (κ3) is 5.87. The number of nitrogens with one attached hydrogen (secondary N) is 2. The number of nitrogens with zero attached hydrogens (tertiary/aromatic N) is 3. The van der Waals surface area contributed by atoms with Gasteiger partial charge in [0.25, 0.3) is 0 Å². The highest BCUT2D eigenvalue weighted by Gasteiger charge is 2.24. The first-order valence-corrected chi connectivity index (χ1v) is 17.4. The summed E-state index contributed by atoms with van der Waals surface area (Å²) in [6.07, 6.45) is 2.83. The van der Waals surface area contributed by atoms with E-state index in [9.17, 15) is 0 Å². The highest BCUT2D eigenvalue weighted by atomic mass is 35.5. The van der Waals surface area contributed by atoms with Crippen LogP contribution in [0.2, 0.25) is 5.02 Å². The Balaban J connectivity index is 1.44. The molecule has 5 aromatic rings. The molecule has 6 rings (SSSR count). The first kappa shape index (κ1) is 30.7. The Kier molecular flexibility index (Phi) is 9.03. The van der Waals surface area contributed by atoms with Crippen LogP contribution in [0, 0.1) is 26.2 Å². The lowest BCUT2D eigenvalue weighted by molar-refractivity contribution is 0.305. The first-order chi connectivity index (χ1) is 21.3. The number of thioether (sulfide) groups is 2. The van der Waals surface area contributed by atoms with Crippen molar-refractivity contribution >= 4 is 62.5 Å². The summed E-state index contributed by atoms with van der Waals surface area (Å²) in [5.41, 5.74) is 9.51. The number of hydrogen-bond donors (Lipinski definition) is 2. The zero-order chi connectivity index (χ0) is 31.0. The van der Waals surface area contributed by atoms with Crippen molar-refractivity contribution in [3.63, 3.8) is 0 Å². The highest BCUT2D eigenvalue weighted by Crippen LogP contribution is 2.43. The van der Waals surface area contributed by atoms with E-state index in [4.69, 9.17) is 26.8 Å². The summed E-state index contributed by atoms with van der Waals surface area (Å²) in [5.74, 6) is 2.93. The van der Waals surface area contributed by atoms with Gasteiger partial charge < -0.3 is 20.0 Å². The van der Waals surface area contributed by atoms with Gasteiger partial charge in [-0.15, -0.1) is 23.5 Å². The van der Waals surface area contributed by atoms with Gasteiger partial charge in [-0.25, -0.2) is 0 Å². The van der Waals surface area contributed by atoms with Crippen LogP contribution in [0.5, 0.6) is 5.75 Å². The minimum absolute atomic E-state index is 0.575. The molecular formula is C35H38ClN5OS2. The normalized spacial score (nSPS) is 16.3. The molecule has 3 aromatic carbocycles. The summed E-state index contributed by atoms with van der Waals surface area (Å²) in [4.78, 5) is 1.15. The number of aryl methyl sites for hydroxylation is 3. The molecule has 0 saturated carbocycles. The van der Waals surface area contributed by atoms with Crippen LogP contribution in [0.3, 0.4) is 0 Å². The Labute approximate surface area is 272 Å². The number of allylic oxidation sites excluding steroid dienone is 1. The lowest BCUT2D eigenvalue weighted by Gasteiger charge is -2.14. The van der Waals surface area contributed by atoms with Gasteiger partial charge in [-0.2, -0.15) is 5.10 Å². The van der Waals surface area contributed by atoms with Crippen molar-refractivity contribution in [2.24, 2.45) is 7.05 Å². The maximum atomic E-state index is 8.72. The summed E-state index contributed by atoms with van der Waals surface area (Å²) in [5, 5.41) is 21.2. The highest BCUT2D eigenvalue weighted by molar-refractivity contribution is 7.99. The monoisotopic (exact) mass is 643 g/mol. The van der Waals surface area contributed by atoms with E-state index in [1.165, 1.54) is 27.5 Å². The van der Waals surface area contributed by atoms with E-state index in [1.54, 1.807) is 23.5 Å². The van der Waals surface area contributed by atoms with Gasteiger partial charge in [0.1, 0.15) is 5.75 Å². The summed E-state index contributed by atoms with van der Waals surface area (Å²) < 4.78 is 10.8. The molecular weight excluding hydrogens is 606 g/mol. The minimum atomic E-state index is 0.575. The number of aromatic nitrogens is 3. The SMILES string of the molecule is CN/C1=C\C(=N)CSCc2nn(C)c(C)c2-c2c(Cl)ccc3c2c(C)c(C)n3CCCOc2cc(cc3ccccc23)SC1. The Morgan fingerprint density at radius 3 is 2.64 bits per heavy atom. The van der Waals surface area contributed by atoms with Crippen LogP contribution in [-0.2, 0) is 19.3 Å². The number of rotatable bonds is 1. The van der Waals surface area contributed by atoms with E-state index >= 15 is 0 Å². The van der Waals surface area contributed by atoms with Gasteiger partial charge in [-0.1, -0.05) is 35.9 Å². The molecule has 0 atom stereocenters. The van der Waals surface area contributed by atoms with Gasteiger partial charge in [0.15, 0.2) is 0 Å². The van der Waals surface area contributed by atoms with E-state index in [1.807, 2.05) is 30.9 Å². The van der Waals surface area contributed by atoms with Crippen molar-refractivity contribution in [3.8, 4) is 16.9 Å². The fourth-order valence-electron chi connectivity index (χ4n) is 6.08. The van der Waals surface area contributed by atoms with E-state index < -0.39 is 0 Å². The number of fused-ring (bicyclic) bond motifs is 6. The Hall–Kier alpha value is -3.33. The van der Waals surface area contributed by atoms with Crippen LogP contribution in [0.25, 0.3) is 32.8 Å². The van der Waals surface area contributed by atoms with Crippen molar-refractivity contribution in [2.75, 3.05) is 25.2 Å². The molecule has 44 heavy (non-hydrogen) atoms. The zero-order valence-corrected chi connectivity index (χ0v) is 28.3. The second-order valence-electron chi connectivity index (χ2n) is 11.3. The summed E-state index contributed by atoms with van der Waals surface area (Å²) in [6, 6.07) is 17.0. The van der Waals surface area contributed by atoms with Crippen molar-refractivity contribution in [1.82, 2.24) is 19.7 Å². The maximum Gasteiger partial charge on any atom is 0.128 e. The molecule has 0 saturated heterocycles. The average molecular weight is 644 g/mol. The van der Waals surface area contributed by atoms with Crippen LogP contribution in [0.4, 0.5) is 0 Å². The van der Waals surface area contributed by atoms with Crippen LogP contribution < -0.4 is 10.1 Å². The number of halogens is 1. The largest absolute Gasteiger partial charge is 0.493 e. The molecule has 228 valence electrons. The fourth-order valence-corrected chi connectivity index (χ4v) is 8.09. The van der Waals surface area contributed by atoms with Gasteiger partial charge in [-0.3, -0.25) is 4.68 Å². The van der Waals surface area contributed by atoms with Crippen molar-refractivity contribution in [1.29, 1.82) is 5.41 Å². The fraction of sp³-hybridized carbons (Fsp3) is 0.314. The predicted molar refractivity (Wildman–Crippen MR) is 189 cm³/mol. The van der Waals surface area contributed by atoms with E-state index in [0.717, 1.165) is 68.0 Å². The van der Waals surface area contributed by atoms with Crippen molar-refractivity contribution in [3.05, 3.63) is 88.0 Å². The van der Waals surface area contributed by atoms with E-state index in [0.29, 0.717) is 23.8 Å². The maximum absolute atomic E-state index is 8.72. The van der Waals surface area contributed by atoms with Crippen LogP contribution in [0.1, 0.15) is 29.1 Å². The topological polar surface area (TPSA) is 67.9 Å². The molecule has 6 nitrogen and oxygen atoms in total. The van der Waals surface area contributed by atoms with Crippen molar-refractivity contribution in [2.45, 2.75) is 44.4 Å². The molecule has 3 heterocycles. The lowest BCUT2D eigenvalue weighted by Crippen LogP contribution is -2.11. The molecule has 2 N–H and O–H groups in total. The molecule has 0 unspecified atom stereocenters. The van der Waals surface area contributed by atoms with Crippen LogP contribution >= 0.6 is 35.1 Å². The molecule has 2 aromatic heterocycles. The van der Waals surface area contributed by atoms with Gasteiger partial charge >= 0.3 is 0 Å². The number of benzene rings is 3. The van der Waals surface area contributed by atoms with Crippen LogP contribution in [-0.4, -0.2) is 45.2 Å². The zero-order valence-electron chi connectivity index (χ0n) is 25.9. The summed E-state index contributed by atoms with van der Waals surface area (Å²) in [7, 11) is 3.92. The summed E-state index contributed by atoms with van der Waals surface area (Å²) in [6.45, 7) is 7.97. The van der Waals surface area contributed by atoms with E-state index in [-0.39, 0.29) is 0 Å². The Morgan fingerprint density at radius 2 is 1.82 bits per heavy atom. The quantitative estimate of drug-likeness (QED) is 0.191. The average Bonchev–Trinajstić information content (AvgIpc) is 3.43. The van der Waals surface area contributed by atoms with Gasteiger partial charge in [0.2, 0.25) is 0 Å². The molecule has 1 aliphatic rings. The van der Waals surface area contributed by atoms with Crippen LogP contribution in [0.15, 0.2) is 65.2 Å². The van der Waals surface area contributed by atoms with Gasteiger partial charge in [-0.05, 0) is 68.5 Å². The van der Waals surface area contributed by atoms with Gasteiger partial charge in [0.05, 0.1) is 12.3 Å². The summed E-state index contributed by atoms with van der Waals surface area (Å²) >= 11 is 10.5. The van der Waals surface area contributed by atoms with Gasteiger partial charge in [0, 0.05) is 98.0 Å². The number of hydrogen-bond acceptors (Lipinski definition) is 6. The Morgan fingerprint density at radius 1 is 1.00 bits per heavy atom. The third-order valence-corrected chi connectivity index (χ3v) is 10.9. The molecule has 0 radical (unpaired) electrons. The molecule has 1 aliphatic heterocycles. The first-order valence-electron chi connectivity index (χ1n) is 14.9. The Bertz CT molecular complexity index is 1920. The smallest absolute Gasteiger partial charge is 0.128 e. The van der Waals surface area contributed by atoms with E-state index in [2.05, 4.69) is 73.1 Å². The molecule has 0 fully saturated rings. The third-order valence-electron chi connectivity index (χ3n) is 8.54. The minimum Gasteiger partial charge on any atom is -0.493 e. The standard InChI is InChI=1S/C35H38ClN5OS2/c1-21-22(2)41-13-8-14-42-32-17-27(15-24-9-6-7-10-28(24)32)44-19-26(38-4)16-25(37)18-43-20-30-34(23(3)40(5)39-30)35-29(36)11-12-31(41)33(21)35/h6-7,9-12,15-17,37-38H,8,13-14,18-20H2,1-5H3/b26-16-,37-25?. The number of ether oxygens (including phenoxy) is 1. The lowest BCUT2D eigenvalue weighted by atomic mass is 9.97. The molecule has 6 bridgehead atoms.